The topological polar surface area (TPSA) is 84.9 Å². The van der Waals surface area contributed by atoms with E-state index in [4.69, 9.17) is 9.57 Å². The molecule has 4 aromatic carbocycles. The van der Waals surface area contributed by atoms with Crippen molar-refractivity contribution in [2.24, 2.45) is 0 Å². The lowest BCUT2D eigenvalue weighted by atomic mass is 9.89. The van der Waals surface area contributed by atoms with Gasteiger partial charge in [0.05, 0.1) is 24.6 Å². The first-order chi connectivity index (χ1) is 20.8. The minimum atomic E-state index is -3.69. The zero-order valence-corrected chi connectivity index (χ0v) is 24.9. The number of nitrogens with one attached hydrogen (secondary N) is 1. The molecule has 0 spiro atoms. The summed E-state index contributed by atoms with van der Waals surface area (Å²) in [5.41, 5.74) is 7.41. The van der Waals surface area contributed by atoms with E-state index in [0.29, 0.717) is 45.7 Å². The minimum Gasteiger partial charge on any atom is -0.488 e. The summed E-state index contributed by atoms with van der Waals surface area (Å²) in [5, 5.41) is 0. The van der Waals surface area contributed by atoms with Gasteiger partial charge in [-0.25, -0.2) is 18.3 Å². The molecule has 0 saturated heterocycles. The number of rotatable bonds is 11. The van der Waals surface area contributed by atoms with Gasteiger partial charge in [0, 0.05) is 29.3 Å². The molecule has 0 bridgehead atoms. The summed E-state index contributed by atoms with van der Waals surface area (Å²) < 4.78 is 47.8. The van der Waals surface area contributed by atoms with Crippen molar-refractivity contribution in [3.63, 3.8) is 0 Å². The summed E-state index contributed by atoms with van der Waals surface area (Å²) in [6.07, 6.45) is 3.49. The number of nitrogens with zero attached hydrogens (tertiary/aromatic N) is 1. The average Bonchev–Trinajstić information content (AvgIpc) is 3.01. The van der Waals surface area contributed by atoms with Gasteiger partial charge in [-0.05, 0) is 54.2 Å². The second-order valence-corrected chi connectivity index (χ2v) is 12.2. The summed E-state index contributed by atoms with van der Waals surface area (Å²) >= 11 is 0. The number of carbonyl (C=O) groups excluding carboxylic acids is 1. The van der Waals surface area contributed by atoms with Crippen LogP contribution in [0.4, 0.5) is 10.1 Å². The van der Waals surface area contributed by atoms with Crippen molar-refractivity contribution in [1.29, 1.82) is 0 Å². The lowest BCUT2D eigenvalue weighted by molar-refractivity contribution is -0.125. The van der Waals surface area contributed by atoms with E-state index in [1.54, 1.807) is 24.3 Å². The van der Waals surface area contributed by atoms with Crippen LogP contribution >= 0.6 is 0 Å². The molecule has 5 rings (SSSR count). The number of unbranched alkanes of at least 4 members (excludes halogenated alkanes) is 1. The highest BCUT2D eigenvalue weighted by Crippen LogP contribution is 2.44. The summed E-state index contributed by atoms with van der Waals surface area (Å²) in [6, 6.07) is 28.8. The monoisotopic (exact) mass is 600 g/mol. The Labute approximate surface area is 251 Å². The van der Waals surface area contributed by atoms with Crippen LogP contribution < -0.4 is 14.5 Å². The van der Waals surface area contributed by atoms with Gasteiger partial charge in [-0.1, -0.05) is 72.8 Å². The number of hydroxylamine groups is 1. The molecule has 0 saturated carbocycles. The number of hydrogen-bond donors (Lipinski definition) is 1. The Morgan fingerprint density at radius 3 is 2.23 bits per heavy atom. The molecule has 4 aromatic rings. The number of benzene rings is 4. The van der Waals surface area contributed by atoms with Crippen molar-refractivity contribution in [3.05, 3.63) is 120 Å². The maximum atomic E-state index is 13.7. The van der Waals surface area contributed by atoms with Gasteiger partial charge < -0.3 is 4.74 Å². The summed E-state index contributed by atoms with van der Waals surface area (Å²) in [5.74, 6) is -0.538. The van der Waals surface area contributed by atoms with E-state index in [9.17, 15) is 17.6 Å². The van der Waals surface area contributed by atoms with E-state index >= 15 is 0 Å². The zero-order chi connectivity index (χ0) is 30.4. The predicted octanol–water partition coefficient (Wildman–Crippen LogP) is 6.26. The number of carbonyl (C=O) groups is 1. The molecule has 0 fully saturated rings. The van der Waals surface area contributed by atoms with Gasteiger partial charge in [0.15, 0.2) is 0 Å². The molecular formula is C34H33FN2O5S. The van der Waals surface area contributed by atoms with E-state index in [0.717, 1.165) is 18.4 Å². The lowest BCUT2D eigenvalue weighted by Gasteiger charge is -2.29. The van der Waals surface area contributed by atoms with Gasteiger partial charge in [0.25, 0.3) is 5.91 Å². The van der Waals surface area contributed by atoms with Crippen molar-refractivity contribution >= 4 is 32.8 Å². The molecule has 7 nitrogen and oxygen atoms in total. The Morgan fingerprint density at radius 2 is 1.58 bits per heavy atom. The molecule has 1 aliphatic heterocycles. The zero-order valence-electron chi connectivity index (χ0n) is 24.0. The Balaban J connectivity index is 1.61. The van der Waals surface area contributed by atoms with Gasteiger partial charge in [-0.3, -0.25) is 13.9 Å². The molecule has 1 heterocycles. The van der Waals surface area contributed by atoms with Crippen LogP contribution in [0.3, 0.4) is 0 Å². The molecule has 1 amide bonds. The first-order valence-electron chi connectivity index (χ1n) is 14.0. The van der Waals surface area contributed by atoms with Crippen LogP contribution in [0.2, 0.25) is 0 Å². The number of hydrogen-bond acceptors (Lipinski definition) is 5. The van der Waals surface area contributed by atoms with Crippen molar-refractivity contribution in [3.8, 4) is 16.9 Å². The predicted molar refractivity (Wildman–Crippen MR) is 167 cm³/mol. The van der Waals surface area contributed by atoms with Crippen LogP contribution in [-0.4, -0.2) is 40.8 Å². The molecule has 222 valence electrons. The molecule has 0 unspecified atom stereocenters. The second-order valence-electron chi connectivity index (χ2n) is 10.3. The quantitative estimate of drug-likeness (QED) is 0.162. The Kier molecular flexibility index (Phi) is 9.23. The van der Waals surface area contributed by atoms with Gasteiger partial charge in [0.1, 0.15) is 18.2 Å². The fourth-order valence-electron chi connectivity index (χ4n) is 5.30. The molecule has 1 N–H and O–H groups in total. The first-order valence-corrected chi connectivity index (χ1v) is 15.8. The largest absolute Gasteiger partial charge is 0.488 e. The van der Waals surface area contributed by atoms with E-state index in [1.165, 1.54) is 35.4 Å². The molecule has 9 heteroatoms. The summed E-state index contributed by atoms with van der Waals surface area (Å²) in [4.78, 5) is 18.4. The molecular weight excluding hydrogens is 567 g/mol. The highest BCUT2D eigenvalue weighted by Gasteiger charge is 2.31. The SMILES string of the molecule is CONC(=O)C1=C(c2ccc(F)cc2)COc2cc(N(CCCCc3ccccc3)S(C)(=O)=O)c(-c3ccccc3)cc21. The number of ether oxygens (including phenoxy) is 1. The van der Waals surface area contributed by atoms with E-state index in [-0.39, 0.29) is 13.2 Å². The number of aryl methyl sites for hydroxylation is 1. The van der Waals surface area contributed by atoms with Crippen LogP contribution in [0.15, 0.2) is 97.1 Å². The van der Waals surface area contributed by atoms with Gasteiger partial charge in [-0.15, -0.1) is 0 Å². The molecule has 1 aliphatic rings. The van der Waals surface area contributed by atoms with Crippen LogP contribution in [-0.2, 0) is 26.1 Å². The summed E-state index contributed by atoms with van der Waals surface area (Å²) in [6.45, 7) is 0.295. The number of anilines is 1. The maximum absolute atomic E-state index is 13.7. The molecule has 43 heavy (non-hydrogen) atoms. The van der Waals surface area contributed by atoms with Crippen molar-refractivity contribution in [2.75, 3.05) is 30.8 Å². The number of halogens is 1. The van der Waals surface area contributed by atoms with E-state index < -0.39 is 21.7 Å². The fourth-order valence-corrected chi connectivity index (χ4v) is 6.27. The Bertz CT molecular complexity index is 1720. The maximum Gasteiger partial charge on any atom is 0.276 e. The third-order valence-corrected chi connectivity index (χ3v) is 8.51. The number of sulfonamides is 1. The highest BCUT2D eigenvalue weighted by molar-refractivity contribution is 7.92. The van der Waals surface area contributed by atoms with E-state index in [2.05, 4.69) is 17.6 Å². The van der Waals surface area contributed by atoms with Gasteiger partial charge >= 0.3 is 0 Å². The van der Waals surface area contributed by atoms with Gasteiger partial charge in [0.2, 0.25) is 10.0 Å². The smallest absolute Gasteiger partial charge is 0.276 e. The van der Waals surface area contributed by atoms with Gasteiger partial charge in [-0.2, -0.15) is 0 Å². The Morgan fingerprint density at radius 1 is 0.907 bits per heavy atom. The highest BCUT2D eigenvalue weighted by atomic mass is 32.2. The average molecular weight is 601 g/mol. The fraction of sp³-hybridized carbons (Fsp3) is 0.206. The number of fused-ring (bicyclic) bond motifs is 1. The minimum absolute atomic E-state index is 0.0190. The third-order valence-electron chi connectivity index (χ3n) is 7.33. The van der Waals surface area contributed by atoms with Crippen LogP contribution in [0.5, 0.6) is 5.75 Å². The van der Waals surface area contributed by atoms with Crippen molar-refractivity contribution in [1.82, 2.24) is 5.48 Å². The standard InChI is InChI=1S/C34H33FN2O5S/c1-41-36-34(38)33-29-21-28(25-14-7-4-8-15-25)31(22-32(29)42-23-30(33)26-16-18-27(35)19-17-26)37(43(2,39)40)20-10-9-13-24-11-5-3-6-12-24/h3-8,11-12,14-19,21-22H,9-10,13,20,23H2,1-2H3,(H,36,38). The molecule has 0 radical (unpaired) electrons. The van der Waals surface area contributed by atoms with Crippen molar-refractivity contribution in [2.45, 2.75) is 19.3 Å². The number of amides is 1. The molecule has 0 atom stereocenters. The molecule has 0 aliphatic carbocycles. The first kappa shape index (κ1) is 30.0. The lowest BCUT2D eigenvalue weighted by Crippen LogP contribution is -2.32. The molecule has 0 aromatic heterocycles. The van der Waals surface area contributed by atoms with Crippen LogP contribution in [0, 0.1) is 5.82 Å². The van der Waals surface area contributed by atoms with E-state index in [1.807, 2.05) is 48.5 Å². The Hall–Kier alpha value is -4.47. The second kappa shape index (κ2) is 13.2. The third kappa shape index (κ3) is 6.96. The van der Waals surface area contributed by atoms with Crippen LogP contribution in [0.1, 0.15) is 29.5 Å². The normalized spacial score (nSPS) is 12.8. The van der Waals surface area contributed by atoms with Crippen LogP contribution in [0.25, 0.3) is 22.3 Å². The summed E-state index contributed by atoms with van der Waals surface area (Å²) in [7, 11) is -2.34. The van der Waals surface area contributed by atoms with Crippen molar-refractivity contribution < 1.29 is 27.2 Å².